The number of ether oxygens (including phenoxy) is 1. The Balaban J connectivity index is 1.26. The second-order valence-electron chi connectivity index (χ2n) is 14.6. The molecule has 0 spiro atoms. The maximum absolute atomic E-state index is 6.57. The average Bonchev–Trinajstić information content (AvgIpc) is 3.76. The summed E-state index contributed by atoms with van der Waals surface area (Å²) in [7, 11) is 0. The molecule has 0 saturated carbocycles. The van der Waals surface area contributed by atoms with Crippen LogP contribution in [0.4, 0.5) is 0 Å². The molecule has 7 rings (SSSR count). The van der Waals surface area contributed by atoms with E-state index in [-0.39, 0.29) is 0 Å². The minimum Gasteiger partial charge on any atom is -0.457 e. The van der Waals surface area contributed by atoms with Gasteiger partial charge in [0.15, 0.2) is 0 Å². The first kappa shape index (κ1) is 34.3. The van der Waals surface area contributed by atoms with Gasteiger partial charge in [-0.3, -0.25) is 4.57 Å². The Morgan fingerprint density at radius 1 is 0.686 bits per heavy atom. The maximum Gasteiger partial charge on any atom is 0.137 e. The molecule has 0 aliphatic heterocycles. The molecule has 260 valence electrons. The van der Waals surface area contributed by atoms with Crippen molar-refractivity contribution in [3.05, 3.63) is 131 Å². The number of fused-ring (bicyclic) bond motifs is 3. The Bertz CT molecular complexity index is 2320. The summed E-state index contributed by atoms with van der Waals surface area (Å²) in [5.41, 5.74) is 14.1. The first-order chi connectivity index (χ1) is 24.7. The Hall–Kier alpha value is -5.16. The van der Waals surface area contributed by atoms with Gasteiger partial charge in [-0.15, -0.1) is 0 Å². The van der Waals surface area contributed by atoms with E-state index in [0.717, 1.165) is 59.7 Å². The highest BCUT2D eigenvalue weighted by molar-refractivity contribution is 6.09. The van der Waals surface area contributed by atoms with Crippen LogP contribution in [0.15, 0.2) is 97.5 Å². The van der Waals surface area contributed by atoms with Crippen LogP contribution in [-0.4, -0.2) is 19.3 Å². The van der Waals surface area contributed by atoms with Crippen molar-refractivity contribution in [2.45, 2.75) is 81.1 Å². The summed E-state index contributed by atoms with van der Waals surface area (Å²) in [5.74, 6) is 3.65. The lowest BCUT2D eigenvalue weighted by Crippen LogP contribution is -2.11. The molecule has 0 N–H and O–H groups in total. The van der Waals surface area contributed by atoms with Crippen molar-refractivity contribution in [1.29, 1.82) is 0 Å². The van der Waals surface area contributed by atoms with E-state index in [1.165, 1.54) is 55.3 Å². The van der Waals surface area contributed by atoms with E-state index in [1.54, 1.807) is 0 Å². The Kier molecular flexibility index (Phi) is 9.56. The standard InChI is InChI=1S/C46H50N4O/c1-9-29(3)22-41-33(7)32(6)34(8)42(23-30(4)10-2)46(41)35-27-48-49(28-35)36-14-13-15-37(25-36)51-38-18-19-40-39-16-11-12-17-43(39)50(44(40)26-38)45-24-31(5)20-21-47-45/h11-21,24-30H,9-10,22-23H2,1-8H3. The Morgan fingerprint density at radius 3 is 2.08 bits per heavy atom. The topological polar surface area (TPSA) is 44.9 Å². The summed E-state index contributed by atoms with van der Waals surface area (Å²) in [4.78, 5) is 4.74. The Morgan fingerprint density at radius 2 is 1.37 bits per heavy atom. The maximum atomic E-state index is 6.57. The van der Waals surface area contributed by atoms with E-state index in [4.69, 9.17) is 14.8 Å². The number of aryl methyl sites for hydroxylation is 1. The van der Waals surface area contributed by atoms with Crippen LogP contribution in [0.1, 0.15) is 73.9 Å². The van der Waals surface area contributed by atoms with Crippen LogP contribution in [0, 0.1) is 39.5 Å². The van der Waals surface area contributed by atoms with Gasteiger partial charge in [0.1, 0.15) is 17.3 Å². The zero-order chi connectivity index (χ0) is 35.8. The highest BCUT2D eigenvalue weighted by Crippen LogP contribution is 2.39. The summed E-state index contributed by atoms with van der Waals surface area (Å²) in [6.45, 7) is 18.4. The average molecular weight is 675 g/mol. The molecule has 2 unspecified atom stereocenters. The minimum absolute atomic E-state index is 0.610. The van der Waals surface area contributed by atoms with Crippen molar-refractivity contribution >= 4 is 21.8 Å². The third kappa shape index (κ3) is 6.58. The molecule has 0 amide bonds. The van der Waals surface area contributed by atoms with Gasteiger partial charge in [0.25, 0.3) is 0 Å². The van der Waals surface area contributed by atoms with E-state index in [0.29, 0.717) is 11.8 Å². The van der Waals surface area contributed by atoms with Crippen LogP contribution in [0.5, 0.6) is 11.5 Å². The van der Waals surface area contributed by atoms with E-state index in [2.05, 4.69) is 133 Å². The summed E-state index contributed by atoms with van der Waals surface area (Å²) >= 11 is 0. The molecule has 5 heteroatoms. The summed E-state index contributed by atoms with van der Waals surface area (Å²) < 4.78 is 10.8. The highest BCUT2D eigenvalue weighted by Gasteiger charge is 2.23. The lowest BCUT2D eigenvalue weighted by Gasteiger charge is -2.25. The van der Waals surface area contributed by atoms with E-state index < -0.39 is 0 Å². The number of pyridine rings is 1. The van der Waals surface area contributed by atoms with Crippen molar-refractivity contribution in [2.75, 3.05) is 0 Å². The molecule has 4 aromatic carbocycles. The molecule has 51 heavy (non-hydrogen) atoms. The van der Waals surface area contributed by atoms with Gasteiger partial charge >= 0.3 is 0 Å². The van der Waals surface area contributed by atoms with Crippen molar-refractivity contribution in [1.82, 2.24) is 19.3 Å². The van der Waals surface area contributed by atoms with Gasteiger partial charge in [0.2, 0.25) is 0 Å². The normalized spacial score (nSPS) is 12.9. The molecule has 5 nitrogen and oxygen atoms in total. The van der Waals surface area contributed by atoms with E-state index in [1.807, 2.05) is 29.1 Å². The SMILES string of the molecule is CCC(C)Cc1c(C)c(C)c(C)c(CC(C)CC)c1-c1cnn(-c2cccc(Oc3ccc4c5ccccc5n(-c5cc(C)ccn5)c4c3)c2)c1. The van der Waals surface area contributed by atoms with Gasteiger partial charge in [-0.2, -0.15) is 5.10 Å². The molecular weight excluding hydrogens is 625 g/mol. The highest BCUT2D eigenvalue weighted by atomic mass is 16.5. The number of hydrogen-bond donors (Lipinski definition) is 0. The van der Waals surface area contributed by atoms with Gasteiger partial charge < -0.3 is 4.74 Å². The molecule has 0 aliphatic rings. The first-order valence-corrected chi connectivity index (χ1v) is 18.6. The third-order valence-corrected chi connectivity index (χ3v) is 11.1. The van der Waals surface area contributed by atoms with Crippen LogP contribution in [0.25, 0.3) is 44.4 Å². The van der Waals surface area contributed by atoms with Crippen LogP contribution in [-0.2, 0) is 12.8 Å². The lowest BCUT2D eigenvalue weighted by molar-refractivity contribution is 0.483. The Labute approximate surface area is 302 Å². The smallest absolute Gasteiger partial charge is 0.137 e. The number of para-hydroxylation sites is 1. The molecule has 3 aromatic heterocycles. The fraction of sp³-hybridized carbons (Fsp3) is 0.304. The fourth-order valence-corrected chi connectivity index (χ4v) is 7.46. The number of hydrogen-bond acceptors (Lipinski definition) is 3. The van der Waals surface area contributed by atoms with Crippen LogP contribution in [0.3, 0.4) is 0 Å². The molecule has 0 radical (unpaired) electrons. The van der Waals surface area contributed by atoms with Crippen LogP contribution in [0.2, 0.25) is 0 Å². The molecule has 0 bridgehead atoms. The molecule has 2 atom stereocenters. The van der Waals surface area contributed by atoms with Crippen molar-refractivity contribution in [3.8, 4) is 34.1 Å². The van der Waals surface area contributed by atoms with E-state index in [9.17, 15) is 0 Å². The van der Waals surface area contributed by atoms with Gasteiger partial charge in [0, 0.05) is 40.9 Å². The quantitative estimate of drug-likeness (QED) is 0.137. The van der Waals surface area contributed by atoms with Gasteiger partial charge in [0.05, 0.1) is 22.9 Å². The number of rotatable bonds is 11. The molecule has 0 fully saturated rings. The van der Waals surface area contributed by atoms with E-state index >= 15 is 0 Å². The lowest BCUT2D eigenvalue weighted by atomic mass is 9.79. The third-order valence-electron chi connectivity index (χ3n) is 11.1. The number of nitrogens with zero attached hydrogens (tertiary/aromatic N) is 4. The number of aromatic nitrogens is 4. The molecule has 0 aliphatic carbocycles. The van der Waals surface area contributed by atoms with Crippen LogP contribution >= 0.6 is 0 Å². The first-order valence-electron chi connectivity index (χ1n) is 18.6. The second-order valence-corrected chi connectivity index (χ2v) is 14.6. The fourth-order valence-electron chi connectivity index (χ4n) is 7.46. The molecule has 7 aromatic rings. The number of benzene rings is 4. The van der Waals surface area contributed by atoms with Crippen LogP contribution < -0.4 is 4.74 Å². The zero-order valence-corrected chi connectivity index (χ0v) is 31.4. The summed E-state index contributed by atoms with van der Waals surface area (Å²) in [5, 5.41) is 7.30. The van der Waals surface area contributed by atoms with Gasteiger partial charge in [-0.1, -0.05) is 64.8 Å². The second kappa shape index (κ2) is 14.2. The van der Waals surface area contributed by atoms with Crippen molar-refractivity contribution in [2.24, 2.45) is 11.8 Å². The largest absolute Gasteiger partial charge is 0.457 e. The minimum atomic E-state index is 0.610. The summed E-state index contributed by atoms with van der Waals surface area (Å²) in [6, 6.07) is 27.2. The molecule has 0 saturated heterocycles. The van der Waals surface area contributed by atoms with Gasteiger partial charge in [-0.05, 0) is 134 Å². The summed E-state index contributed by atoms with van der Waals surface area (Å²) in [6.07, 6.45) is 10.6. The molecule has 3 heterocycles. The zero-order valence-electron chi connectivity index (χ0n) is 31.4. The molecular formula is C46H50N4O. The predicted octanol–water partition coefficient (Wildman–Crippen LogP) is 12.2. The van der Waals surface area contributed by atoms with Crippen molar-refractivity contribution in [3.63, 3.8) is 0 Å². The monoisotopic (exact) mass is 674 g/mol. The van der Waals surface area contributed by atoms with Gasteiger partial charge in [-0.25, -0.2) is 9.67 Å². The van der Waals surface area contributed by atoms with Crippen molar-refractivity contribution < 1.29 is 4.74 Å². The predicted molar refractivity (Wildman–Crippen MR) is 213 cm³/mol.